The molecule has 1 aliphatic rings. The molecule has 1 heterocycles. The van der Waals surface area contributed by atoms with Crippen molar-refractivity contribution >= 4 is 5.97 Å². The number of aliphatic hydroxyl groups excluding tert-OH is 1. The van der Waals surface area contributed by atoms with E-state index in [2.05, 4.69) is 6.92 Å². The van der Waals surface area contributed by atoms with E-state index in [1.165, 1.54) is 0 Å². The average Bonchev–Trinajstić information content (AvgIpc) is 2.27. The molecular formula is C13H24O4. The monoisotopic (exact) mass is 244 g/mol. The number of ether oxygens (including phenoxy) is 2. The van der Waals surface area contributed by atoms with Gasteiger partial charge in [-0.3, -0.25) is 4.79 Å². The van der Waals surface area contributed by atoms with Crippen LogP contribution in [0.15, 0.2) is 0 Å². The third-order valence-electron chi connectivity index (χ3n) is 3.41. The molecule has 4 heteroatoms. The molecule has 0 aromatic rings. The van der Waals surface area contributed by atoms with Crippen LogP contribution in [0.1, 0.15) is 45.4 Å². The zero-order valence-electron chi connectivity index (χ0n) is 10.9. The van der Waals surface area contributed by atoms with E-state index in [1.807, 2.05) is 0 Å². The number of hydrogen-bond acceptors (Lipinski definition) is 4. The highest BCUT2D eigenvalue weighted by atomic mass is 16.5. The average molecular weight is 244 g/mol. The Kier molecular flexibility index (Phi) is 6.52. The van der Waals surface area contributed by atoms with Gasteiger partial charge in [0.1, 0.15) is 0 Å². The van der Waals surface area contributed by atoms with Gasteiger partial charge in [0, 0.05) is 13.5 Å². The molecule has 0 aliphatic carbocycles. The second-order valence-electron chi connectivity index (χ2n) is 4.90. The Morgan fingerprint density at radius 2 is 2.12 bits per heavy atom. The summed E-state index contributed by atoms with van der Waals surface area (Å²) in [6.07, 6.45) is 4.09. The van der Waals surface area contributed by atoms with Crippen molar-refractivity contribution in [2.45, 2.75) is 57.7 Å². The van der Waals surface area contributed by atoms with Crippen LogP contribution in [0.4, 0.5) is 0 Å². The van der Waals surface area contributed by atoms with E-state index in [9.17, 15) is 9.90 Å². The van der Waals surface area contributed by atoms with Crippen molar-refractivity contribution in [3.8, 4) is 0 Å². The van der Waals surface area contributed by atoms with E-state index >= 15 is 0 Å². The Bertz CT molecular complexity index is 229. The summed E-state index contributed by atoms with van der Waals surface area (Å²) in [5.41, 5.74) is 0. The summed E-state index contributed by atoms with van der Waals surface area (Å²) in [5.74, 6) is 0.127. The first-order valence-electron chi connectivity index (χ1n) is 6.50. The van der Waals surface area contributed by atoms with Crippen LogP contribution in [-0.4, -0.2) is 37.0 Å². The first kappa shape index (κ1) is 14.5. The lowest BCUT2D eigenvalue weighted by Gasteiger charge is -2.25. The predicted octanol–water partition coefficient (Wildman–Crippen LogP) is 1.90. The minimum atomic E-state index is -0.266. The van der Waals surface area contributed by atoms with Crippen LogP contribution in [0.5, 0.6) is 0 Å². The maximum Gasteiger partial charge on any atom is 0.305 e. The molecule has 0 radical (unpaired) electrons. The molecule has 0 saturated carbocycles. The third-order valence-corrected chi connectivity index (χ3v) is 3.41. The SMILES string of the molecule is COC1CCC(=O)OCCCCC(O)CC1C. The molecule has 1 fully saturated rings. The van der Waals surface area contributed by atoms with Crippen molar-refractivity contribution < 1.29 is 19.4 Å². The number of methoxy groups -OCH3 is 1. The van der Waals surface area contributed by atoms with E-state index in [0.717, 1.165) is 25.7 Å². The fraction of sp³-hybridized carbons (Fsp3) is 0.923. The molecule has 0 bridgehead atoms. The van der Waals surface area contributed by atoms with Crippen molar-refractivity contribution in [1.29, 1.82) is 0 Å². The lowest BCUT2D eigenvalue weighted by Crippen LogP contribution is -2.26. The summed E-state index contributed by atoms with van der Waals surface area (Å²) in [6, 6.07) is 0. The van der Waals surface area contributed by atoms with Crippen LogP contribution in [0.3, 0.4) is 0 Å². The maximum absolute atomic E-state index is 11.4. The molecule has 0 amide bonds. The van der Waals surface area contributed by atoms with Crippen LogP contribution in [-0.2, 0) is 14.3 Å². The summed E-state index contributed by atoms with van der Waals surface area (Å²) in [7, 11) is 1.66. The maximum atomic E-state index is 11.4. The largest absolute Gasteiger partial charge is 0.466 e. The minimum absolute atomic E-state index is 0.0247. The molecular weight excluding hydrogens is 220 g/mol. The van der Waals surface area contributed by atoms with E-state index < -0.39 is 0 Å². The number of hydrogen-bond donors (Lipinski definition) is 1. The van der Waals surface area contributed by atoms with Crippen molar-refractivity contribution in [1.82, 2.24) is 0 Å². The summed E-state index contributed by atoms with van der Waals surface area (Å²) >= 11 is 0. The number of esters is 1. The van der Waals surface area contributed by atoms with Gasteiger partial charge in [-0.05, 0) is 38.0 Å². The molecule has 17 heavy (non-hydrogen) atoms. The van der Waals surface area contributed by atoms with Gasteiger partial charge >= 0.3 is 5.97 Å². The Hall–Kier alpha value is -0.610. The van der Waals surface area contributed by atoms with Crippen molar-refractivity contribution in [3.05, 3.63) is 0 Å². The minimum Gasteiger partial charge on any atom is -0.466 e. The molecule has 0 aromatic carbocycles. The molecule has 100 valence electrons. The van der Waals surface area contributed by atoms with Gasteiger partial charge < -0.3 is 14.6 Å². The molecule has 1 saturated heterocycles. The van der Waals surface area contributed by atoms with Gasteiger partial charge in [-0.2, -0.15) is 0 Å². The van der Waals surface area contributed by atoms with Crippen molar-refractivity contribution in [2.24, 2.45) is 5.92 Å². The van der Waals surface area contributed by atoms with Crippen molar-refractivity contribution in [3.63, 3.8) is 0 Å². The quantitative estimate of drug-likeness (QED) is 0.716. The zero-order chi connectivity index (χ0) is 12.7. The lowest BCUT2D eigenvalue weighted by molar-refractivity contribution is -0.144. The van der Waals surface area contributed by atoms with Crippen LogP contribution >= 0.6 is 0 Å². The fourth-order valence-electron chi connectivity index (χ4n) is 2.33. The second kappa shape index (κ2) is 7.67. The highest BCUT2D eigenvalue weighted by Gasteiger charge is 2.21. The molecule has 0 spiro atoms. The Morgan fingerprint density at radius 1 is 1.35 bits per heavy atom. The highest BCUT2D eigenvalue weighted by molar-refractivity contribution is 5.69. The lowest BCUT2D eigenvalue weighted by atomic mass is 9.92. The summed E-state index contributed by atoms with van der Waals surface area (Å²) in [5, 5.41) is 9.87. The number of rotatable bonds is 1. The van der Waals surface area contributed by atoms with Gasteiger partial charge in [-0.15, -0.1) is 0 Å². The number of aliphatic hydroxyl groups is 1. The van der Waals surface area contributed by atoms with Crippen LogP contribution in [0.25, 0.3) is 0 Å². The number of carbonyl (C=O) groups excluding carboxylic acids is 1. The first-order valence-corrected chi connectivity index (χ1v) is 6.50. The van der Waals surface area contributed by atoms with E-state index in [1.54, 1.807) is 7.11 Å². The number of cyclic esters (lactones) is 1. The Morgan fingerprint density at radius 3 is 2.82 bits per heavy atom. The van der Waals surface area contributed by atoms with E-state index in [-0.39, 0.29) is 24.1 Å². The van der Waals surface area contributed by atoms with Gasteiger partial charge in [0.2, 0.25) is 0 Å². The summed E-state index contributed by atoms with van der Waals surface area (Å²) in [6.45, 7) is 2.53. The Balaban J connectivity index is 2.52. The van der Waals surface area contributed by atoms with Gasteiger partial charge in [-0.1, -0.05) is 6.92 Å². The third kappa shape index (κ3) is 5.50. The van der Waals surface area contributed by atoms with Gasteiger partial charge in [0.05, 0.1) is 18.8 Å². The van der Waals surface area contributed by atoms with Crippen LogP contribution < -0.4 is 0 Å². The molecule has 4 nitrogen and oxygen atoms in total. The molecule has 1 aliphatic heterocycles. The van der Waals surface area contributed by atoms with Crippen LogP contribution in [0, 0.1) is 5.92 Å². The highest BCUT2D eigenvalue weighted by Crippen LogP contribution is 2.21. The Labute approximate surface area is 103 Å². The van der Waals surface area contributed by atoms with Gasteiger partial charge in [0.25, 0.3) is 0 Å². The normalized spacial score (nSPS) is 33.4. The van der Waals surface area contributed by atoms with Gasteiger partial charge in [0.15, 0.2) is 0 Å². The second-order valence-corrected chi connectivity index (χ2v) is 4.90. The van der Waals surface area contributed by atoms with E-state index in [0.29, 0.717) is 19.4 Å². The molecule has 1 N–H and O–H groups in total. The summed E-state index contributed by atoms with van der Waals surface area (Å²) < 4.78 is 10.5. The fourth-order valence-corrected chi connectivity index (χ4v) is 2.33. The predicted molar refractivity (Wildman–Crippen MR) is 64.6 cm³/mol. The standard InChI is InChI=1S/C13H24O4/c1-10-9-11(14)5-3-4-8-17-13(15)7-6-12(10)16-2/h10-12,14H,3-9H2,1-2H3. The number of carbonyl (C=O) groups is 1. The summed E-state index contributed by atoms with van der Waals surface area (Å²) in [4.78, 5) is 11.4. The first-order chi connectivity index (χ1) is 8.13. The molecule has 1 rings (SSSR count). The van der Waals surface area contributed by atoms with E-state index in [4.69, 9.17) is 9.47 Å². The zero-order valence-corrected chi connectivity index (χ0v) is 10.9. The molecule has 0 aromatic heterocycles. The van der Waals surface area contributed by atoms with Gasteiger partial charge in [-0.25, -0.2) is 0 Å². The van der Waals surface area contributed by atoms with Crippen molar-refractivity contribution in [2.75, 3.05) is 13.7 Å². The molecule has 3 unspecified atom stereocenters. The van der Waals surface area contributed by atoms with Crippen LogP contribution in [0.2, 0.25) is 0 Å². The topological polar surface area (TPSA) is 55.8 Å². The smallest absolute Gasteiger partial charge is 0.305 e. The molecule has 3 atom stereocenters.